The number of hydrogen-bond donors (Lipinski definition) is 0. The molecule has 0 aromatic heterocycles. The second-order valence-corrected chi connectivity index (χ2v) is 5.08. The van der Waals surface area contributed by atoms with Crippen molar-refractivity contribution in [2.24, 2.45) is 0 Å². The molecule has 2 aromatic rings. The molecule has 0 aliphatic rings. The Kier molecular flexibility index (Phi) is 6.01. The molecule has 2 rings (SSSR count). The summed E-state index contributed by atoms with van der Waals surface area (Å²) >= 11 is 0. The highest BCUT2D eigenvalue weighted by Gasteiger charge is 2.04. The predicted octanol–water partition coefficient (Wildman–Crippen LogP) is 4.77. The second kappa shape index (κ2) is 8.25. The number of carbonyl (C=O) groups excluding carboxylic acids is 1. The van der Waals surface area contributed by atoms with Crippen LogP contribution in [0.3, 0.4) is 0 Å². The van der Waals surface area contributed by atoms with Gasteiger partial charge >= 0.3 is 0 Å². The summed E-state index contributed by atoms with van der Waals surface area (Å²) in [7, 11) is 0. The van der Waals surface area contributed by atoms with Gasteiger partial charge in [-0.05, 0) is 29.7 Å². The molecule has 2 nitrogen and oxygen atoms in total. The first kappa shape index (κ1) is 15.3. The molecule has 0 amide bonds. The largest absolute Gasteiger partial charge is 0.494 e. The minimum absolute atomic E-state index is 0.589. The van der Waals surface area contributed by atoms with Crippen LogP contribution in [0.15, 0.2) is 48.5 Å². The maximum atomic E-state index is 10.9. The monoisotopic (exact) mass is 281 g/mol. The minimum Gasteiger partial charge on any atom is -0.494 e. The average Bonchev–Trinajstić information content (AvgIpc) is 2.55. The zero-order chi connectivity index (χ0) is 14.9. The molecule has 2 heteroatoms. The van der Waals surface area contributed by atoms with Gasteiger partial charge < -0.3 is 4.74 Å². The molecule has 0 spiro atoms. The van der Waals surface area contributed by atoms with E-state index in [1.807, 2.05) is 48.8 Å². The summed E-state index contributed by atoms with van der Waals surface area (Å²) in [6.45, 7) is 2.96. The third-order valence-corrected chi connectivity index (χ3v) is 3.47. The molecule has 0 N–H and O–H groups in total. The van der Waals surface area contributed by atoms with E-state index in [-0.39, 0.29) is 0 Å². The van der Waals surface area contributed by atoms with Crippen molar-refractivity contribution >= 4 is 6.29 Å². The van der Waals surface area contributed by atoms with E-state index < -0.39 is 0 Å². The average molecular weight is 281 g/mol. The first-order valence-electron chi connectivity index (χ1n) is 7.55. The maximum absolute atomic E-state index is 10.9. The van der Waals surface area contributed by atoms with Crippen LogP contribution in [-0.2, 0) is 4.79 Å². The van der Waals surface area contributed by atoms with Crippen LogP contribution in [0.2, 0.25) is 0 Å². The zero-order valence-corrected chi connectivity index (χ0v) is 12.5. The van der Waals surface area contributed by atoms with Gasteiger partial charge in [0, 0.05) is 5.56 Å². The normalized spacial score (nSPS) is 10.3. The lowest BCUT2D eigenvalue weighted by Crippen LogP contribution is -1.97. The molecule has 2 aromatic carbocycles. The summed E-state index contributed by atoms with van der Waals surface area (Å²) in [5.41, 5.74) is 2.50. The molecular formula is C19H21O2. The van der Waals surface area contributed by atoms with E-state index >= 15 is 0 Å². The number of benzene rings is 2. The van der Waals surface area contributed by atoms with Crippen molar-refractivity contribution in [2.45, 2.75) is 32.6 Å². The first-order valence-corrected chi connectivity index (χ1v) is 7.55. The third-order valence-electron chi connectivity index (χ3n) is 3.47. The van der Waals surface area contributed by atoms with Crippen LogP contribution in [0, 0.1) is 0 Å². The van der Waals surface area contributed by atoms with E-state index in [1.54, 1.807) is 6.07 Å². The molecule has 109 valence electrons. The van der Waals surface area contributed by atoms with Crippen LogP contribution >= 0.6 is 0 Å². The predicted molar refractivity (Wildman–Crippen MR) is 86.3 cm³/mol. The Hall–Kier alpha value is -2.09. The molecule has 0 heterocycles. The standard InChI is InChI=1S/C19H21O2/c1-2-3-4-7-14-21-18-12-10-16(11-13-18)19-9-6-5-8-17(19)15-20/h5-6,8-13H,2-4,7,14H2,1H3. The summed E-state index contributed by atoms with van der Waals surface area (Å²) in [5, 5.41) is 0. The Bertz CT molecular complexity index is 558. The van der Waals surface area contributed by atoms with Gasteiger partial charge in [0.2, 0.25) is 6.29 Å². The van der Waals surface area contributed by atoms with Crippen LogP contribution in [0.1, 0.15) is 38.2 Å². The molecule has 0 aliphatic carbocycles. The molecule has 21 heavy (non-hydrogen) atoms. The Labute approximate surface area is 126 Å². The second-order valence-electron chi connectivity index (χ2n) is 5.08. The van der Waals surface area contributed by atoms with Crippen molar-refractivity contribution in [2.75, 3.05) is 6.61 Å². The van der Waals surface area contributed by atoms with E-state index in [2.05, 4.69) is 6.92 Å². The summed E-state index contributed by atoms with van der Waals surface area (Å²) in [6.07, 6.45) is 6.80. The topological polar surface area (TPSA) is 26.3 Å². The number of rotatable bonds is 8. The van der Waals surface area contributed by atoms with Crippen molar-refractivity contribution in [3.05, 3.63) is 54.1 Å². The van der Waals surface area contributed by atoms with Crippen LogP contribution < -0.4 is 4.74 Å². The minimum atomic E-state index is 0.589. The molecule has 0 saturated heterocycles. The summed E-state index contributed by atoms with van der Waals surface area (Å²) in [4.78, 5) is 10.9. The van der Waals surface area contributed by atoms with Crippen molar-refractivity contribution in [1.29, 1.82) is 0 Å². The van der Waals surface area contributed by atoms with Gasteiger partial charge in [-0.1, -0.05) is 62.6 Å². The van der Waals surface area contributed by atoms with E-state index in [0.29, 0.717) is 5.56 Å². The van der Waals surface area contributed by atoms with Crippen molar-refractivity contribution in [3.63, 3.8) is 0 Å². The fourth-order valence-electron chi connectivity index (χ4n) is 2.27. The molecule has 0 fully saturated rings. The molecule has 0 unspecified atom stereocenters. The summed E-state index contributed by atoms with van der Waals surface area (Å²) in [6, 6.07) is 15.4. The Morgan fingerprint density at radius 2 is 1.71 bits per heavy atom. The number of hydrogen-bond acceptors (Lipinski definition) is 2. The van der Waals surface area contributed by atoms with Crippen LogP contribution in [0.4, 0.5) is 0 Å². The Balaban J connectivity index is 1.97. The Morgan fingerprint density at radius 3 is 2.43 bits per heavy atom. The Morgan fingerprint density at radius 1 is 0.952 bits per heavy atom. The molecule has 0 bridgehead atoms. The molecular weight excluding hydrogens is 260 g/mol. The number of unbranched alkanes of at least 4 members (excludes halogenated alkanes) is 3. The van der Waals surface area contributed by atoms with E-state index in [9.17, 15) is 4.79 Å². The quantitative estimate of drug-likeness (QED) is 0.651. The molecule has 0 atom stereocenters. The van der Waals surface area contributed by atoms with Crippen molar-refractivity contribution in [3.8, 4) is 16.9 Å². The molecule has 0 aliphatic heterocycles. The van der Waals surface area contributed by atoms with Gasteiger partial charge in [0.1, 0.15) is 5.75 Å². The van der Waals surface area contributed by atoms with Gasteiger partial charge in [-0.2, -0.15) is 0 Å². The third kappa shape index (κ3) is 4.45. The lowest BCUT2D eigenvalue weighted by molar-refractivity contribution is 0.305. The van der Waals surface area contributed by atoms with E-state index in [4.69, 9.17) is 4.74 Å². The van der Waals surface area contributed by atoms with Crippen LogP contribution in [-0.4, -0.2) is 12.9 Å². The fourth-order valence-corrected chi connectivity index (χ4v) is 2.27. The van der Waals surface area contributed by atoms with Gasteiger partial charge in [-0.25, -0.2) is 0 Å². The summed E-state index contributed by atoms with van der Waals surface area (Å²) < 4.78 is 5.72. The SMILES string of the molecule is CCCCCCOc1ccc(-c2ccccc2[C]=O)cc1. The van der Waals surface area contributed by atoms with Crippen molar-refractivity contribution < 1.29 is 9.53 Å². The van der Waals surface area contributed by atoms with Gasteiger partial charge in [0.05, 0.1) is 6.61 Å². The highest BCUT2D eigenvalue weighted by molar-refractivity contribution is 5.87. The molecule has 1 radical (unpaired) electrons. The van der Waals surface area contributed by atoms with Crippen LogP contribution in [0.25, 0.3) is 11.1 Å². The van der Waals surface area contributed by atoms with Gasteiger partial charge in [-0.3, -0.25) is 4.79 Å². The zero-order valence-electron chi connectivity index (χ0n) is 12.5. The van der Waals surface area contributed by atoms with Crippen LogP contribution in [0.5, 0.6) is 5.75 Å². The smallest absolute Gasteiger partial charge is 0.234 e. The lowest BCUT2D eigenvalue weighted by Gasteiger charge is -2.08. The van der Waals surface area contributed by atoms with Crippen molar-refractivity contribution in [1.82, 2.24) is 0 Å². The first-order chi connectivity index (χ1) is 10.3. The highest BCUT2D eigenvalue weighted by atomic mass is 16.5. The summed E-state index contributed by atoms with van der Waals surface area (Å²) in [5.74, 6) is 0.878. The van der Waals surface area contributed by atoms with E-state index in [0.717, 1.165) is 29.9 Å². The highest BCUT2D eigenvalue weighted by Crippen LogP contribution is 2.25. The lowest BCUT2D eigenvalue weighted by atomic mass is 10.0. The van der Waals surface area contributed by atoms with E-state index in [1.165, 1.54) is 19.3 Å². The number of ether oxygens (including phenoxy) is 1. The van der Waals surface area contributed by atoms with Gasteiger partial charge in [0.15, 0.2) is 0 Å². The maximum Gasteiger partial charge on any atom is 0.234 e. The molecule has 0 saturated carbocycles. The van der Waals surface area contributed by atoms with Gasteiger partial charge in [-0.15, -0.1) is 0 Å². The van der Waals surface area contributed by atoms with Gasteiger partial charge in [0.25, 0.3) is 0 Å². The fraction of sp³-hybridized carbons (Fsp3) is 0.316.